The Hall–Kier alpha value is -2.13. The van der Waals surface area contributed by atoms with Crippen LogP contribution in [0.4, 0.5) is 0 Å². The van der Waals surface area contributed by atoms with Gasteiger partial charge in [-0.15, -0.1) is 0 Å². The van der Waals surface area contributed by atoms with Crippen LogP contribution >= 0.6 is 11.6 Å². The van der Waals surface area contributed by atoms with Crippen LogP contribution in [0.15, 0.2) is 48.5 Å². The first-order chi connectivity index (χ1) is 9.56. The van der Waals surface area contributed by atoms with Gasteiger partial charge in [0.15, 0.2) is 0 Å². The summed E-state index contributed by atoms with van der Waals surface area (Å²) in [5, 5.41) is 0.554. The lowest BCUT2D eigenvalue weighted by Crippen LogP contribution is -2.10. The van der Waals surface area contributed by atoms with Gasteiger partial charge in [-0.1, -0.05) is 29.8 Å². The lowest BCUT2D eigenvalue weighted by molar-refractivity contribution is -0.116. The predicted molar refractivity (Wildman–Crippen MR) is 77.2 cm³/mol. The molecule has 2 aromatic rings. The molecule has 0 unspecified atom stereocenters. The summed E-state index contributed by atoms with van der Waals surface area (Å²) in [4.78, 5) is 23.2. The van der Waals surface area contributed by atoms with E-state index in [9.17, 15) is 9.59 Å². The molecule has 2 aromatic carbocycles. The first kappa shape index (κ1) is 14.3. The zero-order valence-electron chi connectivity index (χ0n) is 10.9. The minimum Gasteiger partial charge on any atom is -0.423 e. The Bertz CT molecular complexity index is 632. The maximum atomic E-state index is 12.0. The Labute approximate surface area is 122 Å². The quantitative estimate of drug-likeness (QED) is 0.636. The summed E-state index contributed by atoms with van der Waals surface area (Å²) >= 11 is 5.77. The number of Topliss-reactive ketones (excluding diaryl/α,β-unsaturated/α-hetero) is 1. The molecule has 0 N–H and O–H groups in total. The summed E-state index contributed by atoms with van der Waals surface area (Å²) in [6, 6.07) is 13.4. The fourth-order valence-electron chi connectivity index (χ4n) is 1.76. The van der Waals surface area contributed by atoms with Crippen molar-refractivity contribution >= 4 is 23.4 Å². The number of rotatable bonds is 4. The van der Waals surface area contributed by atoms with Crippen LogP contribution in [0.1, 0.15) is 22.8 Å². The normalized spacial score (nSPS) is 10.1. The van der Waals surface area contributed by atoms with Gasteiger partial charge in [0.2, 0.25) is 0 Å². The molecule has 0 bridgehead atoms. The van der Waals surface area contributed by atoms with E-state index in [-0.39, 0.29) is 12.2 Å². The lowest BCUT2D eigenvalue weighted by Gasteiger charge is -2.09. The van der Waals surface area contributed by atoms with E-state index >= 15 is 0 Å². The van der Waals surface area contributed by atoms with E-state index in [2.05, 4.69) is 0 Å². The summed E-state index contributed by atoms with van der Waals surface area (Å²) < 4.78 is 5.34. The second kappa shape index (κ2) is 6.35. The summed E-state index contributed by atoms with van der Waals surface area (Å²) in [7, 11) is 0. The van der Waals surface area contributed by atoms with E-state index in [1.807, 2.05) is 0 Å². The molecule has 3 nitrogen and oxygen atoms in total. The number of para-hydroxylation sites is 1. The Kier molecular flexibility index (Phi) is 4.53. The number of hydrogen-bond acceptors (Lipinski definition) is 3. The predicted octanol–water partition coefficient (Wildman–Crippen LogP) is 3.69. The topological polar surface area (TPSA) is 43.4 Å². The molecule has 0 radical (unpaired) electrons. The zero-order chi connectivity index (χ0) is 14.5. The molecule has 0 amide bonds. The van der Waals surface area contributed by atoms with Crippen molar-refractivity contribution in [3.8, 4) is 5.75 Å². The van der Waals surface area contributed by atoms with E-state index in [1.165, 1.54) is 6.92 Å². The summed E-state index contributed by atoms with van der Waals surface area (Å²) in [5.41, 5.74) is 1.11. The average molecular weight is 289 g/mol. The minimum absolute atomic E-state index is 0.0139. The average Bonchev–Trinajstić information content (AvgIpc) is 2.41. The molecule has 0 aliphatic heterocycles. The Morgan fingerprint density at radius 1 is 1.05 bits per heavy atom. The van der Waals surface area contributed by atoms with Crippen LogP contribution in [0.5, 0.6) is 5.75 Å². The Morgan fingerprint density at radius 3 is 2.35 bits per heavy atom. The van der Waals surface area contributed by atoms with Crippen LogP contribution in [-0.4, -0.2) is 11.8 Å². The first-order valence-corrected chi connectivity index (χ1v) is 6.49. The molecule has 0 aromatic heterocycles. The molecule has 2 rings (SSSR count). The van der Waals surface area contributed by atoms with Crippen molar-refractivity contribution in [3.63, 3.8) is 0 Å². The van der Waals surface area contributed by atoms with Crippen LogP contribution < -0.4 is 4.74 Å². The van der Waals surface area contributed by atoms with Crippen LogP contribution in [0, 0.1) is 0 Å². The molecule has 0 saturated heterocycles. The van der Waals surface area contributed by atoms with E-state index in [0.717, 1.165) is 0 Å². The maximum absolute atomic E-state index is 12.0. The number of carbonyl (C=O) groups is 2. The number of hydrogen-bond donors (Lipinski definition) is 0. The molecule has 0 saturated carbocycles. The van der Waals surface area contributed by atoms with Gasteiger partial charge in [0.05, 0.1) is 5.56 Å². The highest BCUT2D eigenvalue weighted by Gasteiger charge is 2.12. The van der Waals surface area contributed by atoms with Crippen molar-refractivity contribution in [1.82, 2.24) is 0 Å². The van der Waals surface area contributed by atoms with Crippen molar-refractivity contribution in [2.45, 2.75) is 13.3 Å². The van der Waals surface area contributed by atoms with Gasteiger partial charge in [-0.25, -0.2) is 4.79 Å². The second-order valence-corrected chi connectivity index (χ2v) is 4.82. The standard InChI is InChI=1S/C16H13ClO3/c1-11(18)10-13-4-2-3-5-15(13)20-16(19)12-6-8-14(17)9-7-12/h2-9H,10H2,1H3. The van der Waals surface area contributed by atoms with Crippen LogP contribution in [0.2, 0.25) is 5.02 Å². The highest BCUT2D eigenvalue weighted by molar-refractivity contribution is 6.30. The summed E-state index contributed by atoms with van der Waals surface area (Å²) in [5.74, 6) is -0.0553. The fraction of sp³-hybridized carbons (Fsp3) is 0.125. The minimum atomic E-state index is -0.474. The SMILES string of the molecule is CC(=O)Cc1ccccc1OC(=O)c1ccc(Cl)cc1. The lowest BCUT2D eigenvalue weighted by atomic mass is 10.1. The fourth-order valence-corrected chi connectivity index (χ4v) is 1.89. The van der Waals surface area contributed by atoms with Gasteiger partial charge in [-0.2, -0.15) is 0 Å². The van der Waals surface area contributed by atoms with Crippen molar-refractivity contribution in [2.75, 3.05) is 0 Å². The monoisotopic (exact) mass is 288 g/mol. The highest BCUT2D eigenvalue weighted by Crippen LogP contribution is 2.20. The second-order valence-electron chi connectivity index (χ2n) is 4.38. The molecule has 0 aliphatic rings. The molecular weight excluding hydrogens is 276 g/mol. The Balaban J connectivity index is 2.19. The van der Waals surface area contributed by atoms with E-state index in [0.29, 0.717) is 21.9 Å². The largest absolute Gasteiger partial charge is 0.423 e. The Morgan fingerprint density at radius 2 is 1.70 bits per heavy atom. The van der Waals surface area contributed by atoms with Gasteiger partial charge in [0.1, 0.15) is 11.5 Å². The number of ether oxygens (including phenoxy) is 1. The van der Waals surface area contributed by atoms with Crippen molar-refractivity contribution < 1.29 is 14.3 Å². The summed E-state index contributed by atoms with van der Waals surface area (Å²) in [6.07, 6.45) is 0.240. The highest BCUT2D eigenvalue weighted by atomic mass is 35.5. The maximum Gasteiger partial charge on any atom is 0.343 e. The van der Waals surface area contributed by atoms with Gasteiger partial charge >= 0.3 is 5.97 Å². The van der Waals surface area contributed by atoms with Crippen LogP contribution in [0.25, 0.3) is 0 Å². The van der Waals surface area contributed by atoms with Gasteiger partial charge < -0.3 is 4.74 Å². The van der Waals surface area contributed by atoms with Crippen LogP contribution in [0.3, 0.4) is 0 Å². The number of carbonyl (C=O) groups excluding carboxylic acids is 2. The third-order valence-electron chi connectivity index (χ3n) is 2.69. The summed E-state index contributed by atoms with van der Waals surface area (Å²) in [6.45, 7) is 1.50. The smallest absolute Gasteiger partial charge is 0.343 e. The van der Waals surface area contributed by atoms with Gasteiger partial charge in [0, 0.05) is 17.0 Å². The van der Waals surface area contributed by atoms with Crippen molar-refractivity contribution in [1.29, 1.82) is 0 Å². The van der Waals surface area contributed by atoms with Gasteiger partial charge in [-0.05, 0) is 37.3 Å². The third kappa shape index (κ3) is 3.68. The molecule has 0 atom stereocenters. The molecule has 20 heavy (non-hydrogen) atoms. The van der Waals surface area contributed by atoms with Gasteiger partial charge in [0.25, 0.3) is 0 Å². The van der Waals surface area contributed by atoms with Crippen LogP contribution in [-0.2, 0) is 11.2 Å². The molecular formula is C16H13ClO3. The van der Waals surface area contributed by atoms with Crippen molar-refractivity contribution in [2.24, 2.45) is 0 Å². The molecule has 0 aliphatic carbocycles. The molecule has 102 valence electrons. The van der Waals surface area contributed by atoms with E-state index < -0.39 is 5.97 Å². The van der Waals surface area contributed by atoms with E-state index in [4.69, 9.17) is 16.3 Å². The molecule has 0 spiro atoms. The molecule has 0 heterocycles. The number of halogens is 1. The van der Waals surface area contributed by atoms with Crippen molar-refractivity contribution in [3.05, 3.63) is 64.7 Å². The van der Waals surface area contributed by atoms with E-state index in [1.54, 1.807) is 48.5 Å². The zero-order valence-corrected chi connectivity index (χ0v) is 11.7. The molecule has 4 heteroatoms. The number of benzene rings is 2. The number of ketones is 1. The molecule has 0 fully saturated rings. The van der Waals surface area contributed by atoms with Gasteiger partial charge in [-0.3, -0.25) is 4.79 Å². The number of esters is 1. The third-order valence-corrected chi connectivity index (χ3v) is 2.95. The first-order valence-electron chi connectivity index (χ1n) is 6.11.